The normalized spacial score (nSPS) is 21.7. The summed E-state index contributed by atoms with van der Waals surface area (Å²) < 4.78 is 0.350. The molecule has 1 fully saturated rings. The van der Waals surface area contributed by atoms with Crippen LogP contribution < -0.4 is 10.6 Å². The molecule has 19 heavy (non-hydrogen) atoms. The first-order valence-electron chi connectivity index (χ1n) is 7.62. The summed E-state index contributed by atoms with van der Waals surface area (Å²) in [5.74, 6) is 0.126. The van der Waals surface area contributed by atoms with Gasteiger partial charge in [-0.1, -0.05) is 26.2 Å². The van der Waals surface area contributed by atoms with Crippen molar-refractivity contribution in [2.24, 2.45) is 0 Å². The van der Waals surface area contributed by atoms with Crippen molar-refractivity contribution in [1.82, 2.24) is 10.6 Å². The van der Waals surface area contributed by atoms with Crippen molar-refractivity contribution in [2.45, 2.75) is 76.1 Å². The van der Waals surface area contributed by atoms with Gasteiger partial charge in [0.15, 0.2) is 0 Å². The zero-order valence-electron chi connectivity index (χ0n) is 12.9. The van der Waals surface area contributed by atoms with Crippen LogP contribution in [0.1, 0.15) is 59.3 Å². The fourth-order valence-electron chi connectivity index (χ4n) is 2.55. The highest BCUT2D eigenvalue weighted by atomic mass is 32.2. The highest BCUT2D eigenvalue weighted by Crippen LogP contribution is 2.37. The number of nitrogens with one attached hydrogen (secondary N) is 2. The zero-order chi connectivity index (χ0) is 14.3. The monoisotopic (exact) mass is 286 g/mol. The first kappa shape index (κ1) is 16.8. The van der Waals surface area contributed by atoms with Crippen LogP contribution in [-0.2, 0) is 4.79 Å². The highest BCUT2D eigenvalue weighted by molar-refractivity contribution is 8.00. The molecule has 1 aliphatic rings. The van der Waals surface area contributed by atoms with E-state index >= 15 is 0 Å². The van der Waals surface area contributed by atoms with E-state index in [9.17, 15) is 4.79 Å². The topological polar surface area (TPSA) is 41.1 Å². The molecule has 0 bridgehead atoms. The van der Waals surface area contributed by atoms with E-state index in [0.29, 0.717) is 4.75 Å². The Kier molecular flexibility index (Phi) is 7.22. The molecule has 3 nitrogen and oxygen atoms in total. The van der Waals surface area contributed by atoms with Crippen molar-refractivity contribution in [3.63, 3.8) is 0 Å². The van der Waals surface area contributed by atoms with Crippen LogP contribution in [0.15, 0.2) is 0 Å². The molecule has 0 spiro atoms. The maximum atomic E-state index is 12.0. The van der Waals surface area contributed by atoms with Crippen LogP contribution >= 0.6 is 11.8 Å². The van der Waals surface area contributed by atoms with Gasteiger partial charge in [-0.25, -0.2) is 0 Å². The average molecular weight is 286 g/mol. The maximum Gasteiger partial charge on any atom is 0.237 e. The summed E-state index contributed by atoms with van der Waals surface area (Å²) in [5, 5.41) is 6.48. The summed E-state index contributed by atoms with van der Waals surface area (Å²) in [6, 6.07) is 0.167. The fraction of sp³-hybridized carbons (Fsp3) is 0.933. The molecule has 1 amide bonds. The number of rotatable bonds is 7. The van der Waals surface area contributed by atoms with Gasteiger partial charge in [0.25, 0.3) is 0 Å². The quantitative estimate of drug-likeness (QED) is 0.756. The third kappa shape index (κ3) is 5.35. The van der Waals surface area contributed by atoms with Crippen LogP contribution in [-0.4, -0.2) is 35.5 Å². The highest BCUT2D eigenvalue weighted by Gasteiger charge is 2.31. The van der Waals surface area contributed by atoms with Crippen molar-refractivity contribution in [3.8, 4) is 0 Å². The number of carbonyl (C=O) groups is 1. The molecule has 1 rings (SSSR count). The van der Waals surface area contributed by atoms with Crippen LogP contribution in [0.25, 0.3) is 0 Å². The Morgan fingerprint density at radius 2 is 1.89 bits per heavy atom. The SMILES string of the molecule is CCC(C)NC(=O)C(C)NCC1(SC)CCCCC1. The Labute approximate surface area is 122 Å². The van der Waals surface area contributed by atoms with Gasteiger partial charge < -0.3 is 10.6 Å². The van der Waals surface area contributed by atoms with Crippen molar-refractivity contribution in [1.29, 1.82) is 0 Å². The van der Waals surface area contributed by atoms with E-state index in [2.05, 4.69) is 30.7 Å². The molecule has 2 atom stereocenters. The molecule has 1 saturated carbocycles. The van der Waals surface area contributed by atoms with Crippen molar-refractivity contribution in [3.05, 3.63) is 0 Å². The molecule has 0 radical (unpaired) electrons. The Morgan fingerprint density at radius 1 is 1.26 bits per heavy atom. The second-order valence-electron chi connectivity index (χ2n) is 5.87. The first-order chi connectivity index (χ1) is 9.03. The largest absolute Gasteiger partial charge is 0.352 e. The molecular formula is C15H30N2OS. The molecule has 0 aromatic heterocycles. The summed E-state index contributed by atoms with van der Waals surface area (Å²) in [4.78, 5) is 12.0. The molecular weight excluding hydrogens is 256 g/mol. The van der Waals surface area contributed by atoms with E-state index in [-0.39, 0.29) is 18.0 Å². The summed E-state index contributed by atoms with van der Waals surface area (Å²) in [7, 11) is 0. The van der Waals surface area contributed by atoms with Crippen molar-refractivity contribution < 1.29 is 4.79 Å². The van der Waals surface area contributed by atoms with Gasteiger partial charge >= 0.3 is 0 Å². The van der Waals surface area contributed by atoms with Gasteiger partial charge in [-0.15, -0.1) is 0 Å². The number of hydrogen-bond acceptors (Lipinski definition) is 3. The fourth-order valence-corrected chi connectivity index (χ4v) is 3.48. The summed E-state index contributed by atoms with van der Waals surface area (Å²) >= 11 is 1.97. The number of hydrogen-bond donors (Lipinski definition) is 2. The lowest BCUT2D eigenvalue weighted by Gasteiger charge is -2.36. The van der Waals surface area contributed by atoms with Crippen molar-refractivity contribution >= 4 is 17.7 Å². The van der Waals surface area contributed by atoms with E-state index in [1.54, 1.807) is 0 Å². The van der Waals surface area contributed by atoms with E-state index < -0.39 is 0 Å². The van der Waals surface area contributed by atoms with Gasteiger partial charge in [0.2, 0.25) is 5.91 Å². The Hall–Kier alpha value is -0.220. The standard InChI is InChI=1S/C15H30N2OS/c1-5-12(2)17-14(18)13(3)16-11-15(19-4)9-7-6-8-10-15/h12-13,16H,5-11H2,1-4H3,(H,17,18). The lowest BCUT2D eigenvalue weighted by molar-refractivity contribution is -0.123. The molecule has 0 aromatic rings. The van der Waals surface area contributed by atoms with Gasteiger partial charge in [-0.2, -0.15) is 11.8 Å². The molecule has 0 aromatic carbocycles. The lowest BCUT2D eigenvalue weighted by Crippen LogP contribution is -2.49. The van der Waals surface area contributed by atoms with Gasteiger partial charge in [-0.3, -0.25) is 4.79 Å². The second-order valence-corrected chi connectivity index (χ2v) is 7.14. The van der Waals surface area contributed by atoms with Crippen LogP contribution in [0.3, 0.4) is 0 Å². The summed E-state index contributed by atoms with van der Waals surface area (Å²) in [6.07, 6.45) is 9.77. The molecule has 1 aliphatic carbocycles. The molecule has 0 aliphatic heterocycles. The average Bonchev–Trinajstić information content (AvgIpc) is 2.45. The molecule has 2 unspecified atom stereocenters. The Morgan fingerprint density at radius 3 is 2.42 bits per heavy atom. The van der Waals surface area contributed by atoms with Gasteiger partial charge in [0.05, 0.1) is 6.04 Å². The van der Waals surface area contributed by atoms with Crippen LogP contribution in [0.2, 0.25) is 0 Å². The van der Waals surface area contributed by atoms with E-state index in [0.717, 1.165) is 13.0 Å². The van der Waals surface area contributed by atoms with Crippen LogP contribution in [0.4, 0.5) is 0 Å². The van der Waals surface area contributed by atoms with Crippen LogP contribution in [0.5, 0.6) is 0 Å². The van der Waals surface area contributed by atoms with E-state index in [4.69, 9.17) is 0 Å². The third-order valence-electron chi connectivity index (χ3n) is 4.32. The third-order valence-corrected chi connectivity index (χ3v) is 5.74. The minimum atomic E-state index is -0.0973. The van der Waals surface area contributed by atoms with E-state index in [1.165, 1.54) is 32.1 Å². The number of amides is 1. The molecule has 4 heteroatoms. The maximum absolute atomic E-state index is 12.0. The first-order valence-corrected chi connectivity index (χ1v) is 8.84. The second kappa shape index (κ2) is 8.15. The van der Waals surface area contributed by atoms with E-state index in [1.807, 2.05) is 18.7 Å². The lowest BCUT2D eigenvalue weighted by atomic mass is 9.88. The molecule has 112 valence electrons. The van der Waals surface area contributed by atoms with Gasteiger partial charge in [0.1, 0.15) is 0 Å². The zero-order valence-corrected chi connectivity index (χ0v) is 13.7. The molecule has 2 N–H and O–H groups in total. The smallest absolute Gasteiger partial charge is 0.237 e. The predicted octanol–water partition coefficient (Wildman–Crippen LogP) is 2.95. The van der Waals surface area contributed by atoms with Crippen molar-refractivity contribution in [2.75, 3.05) is 12.8 Å². The Balaban J connectivity index is 2.39. The minimum absolute atomic E-state index is 0.0973. The minimum Gasteiger partial charge on any atom is -0.352 e. The summed E-state index contributed by atoms with van der Waals surface area (Å²) in [5.41, 5.74) is 0. The van der Waals surface area contributed by atoms with Crippen LogP contribution in [0, 0.1) is 0 Å². The van der Waals surface area contributed by atoms with Gasteiger partial charge in [-0.05, 0) is 39.4 Å². The number of carbonyl (C=O) groups excluding carboxylic acids is 1. The van der Waals surface area contributed by atoms with Gasteiger partial charge in [0, 0.05) is 17.3 Å². The number of thioether (sulfide) groups is 1. The predicted molar refractivity (Wildman–Crippen MR) is 84.7 cm³/mol. The molecule has 0 heterocycles. The summed E-state index contributed by atoms with van der Waals surface area (Å²) in [6.45, 7) is 7.06. The Bertz CT molecular complexity index is 277. The molecule has 0 saturated heterocycles.